The van der Waals surface area contributed by atoms with Crippen LogP contribution < -0.4 is 10.5 Å². The lowest BCUT2D eigenvalue weighted by atomic mass is 9.98. The molecule has 0 saturated carbocycles. The third kappa shape index (κ3) is 3.21. The van der Waals surface area contributed by atoms with Gasteiger partial charge in [0.05, 0.1) is 41.9 Å². The minimum atomic E-state index is -0.155. The van der Waals surface area contributed by atoms with E-state index in [1.54, 1.807) is 21.8 Å². The van der Waals surface area contributed by atoms with Crippen molar-refractivity contribution >= 4 is 39.1 Å². The third-order valence-corrected chi connectivity index (χ3v) is 6.85. The number of pyridine rings is 1. The smallest absolute Gasteiger partial charge is 0.254 e. The normalized spacial score (nSPS) is 17.5. The van der Waals surface area contributed by atoms with Crippen LogP contribution in [-0.4, -0.2) is 52.4 Å². The van der Waals surface area contributed by atoms with Crippen LogP contribution in [0.2, 0.25) is 0 Å². The Morgan fingerprint density at radius 3 is 2.91 bits per heavy atom. The largest absolute Gasteiger partial charge is 0.491 e. The standard InChI is InChI=1S/C26H25N5O3/c1-30(22-14-34-23-12-16(3-5-18(22)23)15-7-9-33-10-8-15)26(32)17-4-6-21-19(11-17)24-20(25(27)29-21)13-28-31(24)2/h3-7,11-13,22H,8-10,14H2,1-2H3,(H2,27,29)/t22-/m1/s1. The lowest BCUT2D eigenvalue weighted by Crippen LogP contribution is -2.32. The first-order valence-electron chi connectivity index (χ1n) is 11.3. The van der Waals surface area contributed by atoms with Crippen molar-refractivity contribution in [2.75, 3.05) is 32.6 Å². The molecule has 2 aliphatic rings. The number of benzene rings is 2. The summed E-state index contributed by atoms with van der Waals surface area (Å²) in [6, 6.07) is 11.6. The first kappa shape index (κ1) is 20.7. The number of nitrogen functional groups attached to an aromatic ring is 1. The number of anilines is 1. The Morgan fingerprint density at radius 1 is 1.21 bits per heavy atom. The number of rotatable bonds is 3. The molecular formula is C26H25N5O3. The molecule has 8 nitrogen and oxygen atoms in total. The molecule has 6 rings (SSSR count). The van der Waals surface area contributed by atoms with Crippen molar-refractivity contribution in [1.82, 2.24) is 19.7 Å². The van der Waals surface area contributed by atoms with E-state index in [-0.39, 0.29) is 11.9 Å². The van der Waals surface area contributed by atoms with E-state index in [2.05, 4.69) is 34.4 Å². The van der Waals surface area contributed by atoms with Gasteiger partial charge in [0.25, 0.3) is 5.91 Å². The predicted molar refractivity (Wildman–Crippen MR) is 131 cm³/mol. The maximum Gasteiger partial charge on any atom is 0.254 e. The molecule has 8 heteroatoms. The molecule has 172 valence electrons. The molecule has 2 aromatic carbocycles. The summed E-state index contributed by atoms with van der Waals surface area (Å²) in [7, 11) is 3.69. The molecule has 1 amide bonds. The second-order valence-electron chi connectivity index (χ2n) is 8.81. The van der Waals surface area contributed by atoms with Crippen molar-refractivity contribution in [1.29, 1.82) is 0 Å². The molecule has 0 saturated heterocycles. The highest BCUT2D eigenvalue weighted by Crippen LogP contribution is 2.39. The van der Waals surface area contributed by atoms with Crippen LogP contribution in [0.4, 0.5) is 5.82 Å². The molecule has 2 aromatic heterocycles. The average molecular weight is 456 g/mol. The highest BCUT2D eigenvalue weighted by molar-refractivity contribution is 6.10. The van der Waals surface area contributed by atoms with E-state index in [9.17, 15) is 4.79 Å². The van der Waals surface area contributed by atoms with Gasteiger partial charge in [-0.05, 0) is 41.8 Å². The van der Waals surface area contributed by atoms with Gasteiger partial charge in [-0.2, -0.15) is 5.10 Å². The first-order valence-corrected chi connectivity index (χ1v) is 11.3. The quantitative estimate of drug-likeness (QED) is 0.506. The number of fused-ring (bicyclic) bond motifs is 4. The summed E-state index contributed by atoms with van der Waals surface area (Å²) >= 11 is 0. The van der Waals surface area contributed by atoms with Gasteiger partial charge in [0, 0.05) is 30.6 Å². The maximum absolute atomic E-state index is 13.5. The first-order chi connectivity index (χ1) is 16.5. The Morgan fingerprint density at radius 2 is 2.09 bits per heavy atom. The minimum absolute atomic E-state index is 0.0771. The zero-order chi connectivity index (χ0) is 23.4. The zero-order valence-corrected chi connectivity index (χ0v) is 19.1. The Kier molecular flexibility index (Phi) is 4.77. The Labute approximate surface area is 196 Å². The van der Waals surface area contributed by atoms with Gasteiger partial charge in [0.1, 0.15) is 18.2 Å². The SMILES string of the molecule is CN(C(=O)c1ccc2nc(N)c3cnn(C)c3c2c1)[C@@H]1COc2cc(C3=CCOCC3)ccc21. The second kappa shape index (κ2) is 7.85. The Hall–Kier alpha value is -3.91. The van der Waals surface area contributed by atoms with Crippen LogP contribution >= 0.6 is 0 Å². The van der Waals surface area contributed by atoms with Gasteiger partial charge < -0.3 is 20.1 Å². The number of hydrogen-bond acceptors (Lipinski definition) is 6. The lowest BCUT2D eigenvalue weighted by molar-refractivity contribution is 0.0708. The summed E-state index contributed by atoms with van der Waals surface area (Å²) in [6.07, 6.45) is 4.72. The van der Waals surface area contributed by atoms with Crippen molar-refractivity contribution in [2.24, 2.45) is 7.05 Å². The maximum atomic E-state index is 13.5. The molecule has 0 bridgehead atoms. The number of amides is 1. The van der Waals surface area contributed by atoms with Gasteiger partial charge in [0.2, 0.25) is 0 Å². The molecule has 2 aliphatic heterocycles. The Balaban J connectivity index is 1.32. The summed E-state index contributed by atoms with van der Waals surface area (Å²) in [4.78, 5) is 19.7. The van der Waals surface area contributed by atoms with Gasteiger partial charge in [-0.25, -0.2) is 4.98 Å². The highest BCUT2D eigenvalue weighted by Gasteiger charge is 2.31. The van der Waals surface area contributed by atoms with Crippen molar-refractivity contribution in [2.45, 2.75) is 12.5 Å². The molecule has 2 N–H and O–H groups in total. The van der Waals surface area contributed by atoms with Crippen molar-refractivity contribution < 1.29 is 14.3 Å². The topological polar surface area (TPSA) is 95.5 Å². The lowest BCUT2D eigenvalue weighted by Gasteiger charge is -2.24. The highest BCUT2D eigenvalue weighted by atomic mass is 16.5. The second-order valence-corrected chi connectivity index (χ2v) is 8.81. The van der Waals surface area contributed by atoms with Crippen LogP contribution in [0.1, 0.15) is 33.9 Å². The summed E-state index contributed by atoms with van der Waals surface area (Å²) in [6.45, 7) is 1.82. The number of nitrogens with zero attached hydrogens (tertiary/aromatic N) is 4. The molecule has 4 heterocycles. The molecule has 0 fully saturated rings. The number of hydrogen-bond donors (Lipinski definition) is 1. The van der Waals surface area contributed by atoms with E-state index < -0.39 is 0 Å². The zero-order valence-electron chi connectivity index (χ0n) is 19.1. The van der Waals surface area contributed by atoms with Crippen molar-refractivity contribution in [3.05, 3.63) is 65.4 Å². The molecule has 4 aromatic rings. The number of aryl methyl sites for hydroxylation is 1. The van der Waals surface area contributed by atoms with Crippen LogP contribution in [0.5, 0.6) is 5.75 Å². The minimum Gasteiger partial charge on any atom is -0.491 e. The van der Waals surface area contributed by atoms with Crippen LogP contribution in [-0.2, 0) is 11.8 Å². The Bertz CT molecular complexity index is 1490. The number of likely N-dealkylation sites (N-methyl/N-ethyl adjacent to an activating group) is 1. The van der Waals surface area contributed by atoms with E-state index in [1.807, 2.05) is 26.2 Å². The predicted octanol–water partition coefficient (Wildman–Crippen LogP) is 3.71. The van der Waals surface area contributed by atoms with Crippen LogP contribution in [0.15, 0.2) is 48.7 Å². The molecular weight excluding hydrogens is 430 g/mol. The number of carbonyl (C=O) groups is 1. The van der Waals surface area contributed by atoms with Crippen LogP contribution in [0, 0.1) is 0 Å². The fourth-order valence-electron chi connectivity index (χ4n) is 4.94. The van der Waals surface area contributed by atoms with Crippen molar-refractivity contribution in [3.8, 4) is 5.75 Å². The summed E-state index contributed by atoms with van der Waals surface area (Å²) in [5.74, 6) is 1.19. The molecule has 0 radical (unpaired) electrons. The van der Waals surface area contributed by atoms with E-state index in [4.69, 9.17) is 15.2 Å². The van der Waals surface area contributed by atoms with E-state index in [0.29, 0.717) is 24.6 Å². The number of carbonyl (C=O) groups excluding carboxylic acids is 1. The molecule has 0 unspecified atom stereocenters. The monoisotopic (exact) mass is 455 g/mol. The summed E-state index contributed by atoms with van der Waals surface area (Å²) in [5.41, 5.74) is 11.7. The fourth-order valence-corrected chi connectivity index (χ4v) is 4.94. The summed E-state index contributed by atoms with van der Waals surface area (Å²) < 4.78 is 13.2. The van der Waals surface area contributed by atoms with Crippen molar-refractivity contribution in [3.63, 3.8) is 0 Å². The molecule has 0 aliphatic carbocycles. The third-order valence-electron chi connectivity index (χ3n) is 6.85. The van der Waals surface area contributed by atoms with E-state index >= 15 is 0 Å². The number of aromatic nitrogens is 3. The van der Waals surface area contributed by atoms with Gasteiger partial charge in [-0.1, -0.05) is 18.2 Å². The molecule has 34 heavy (non-hydrogen) atoms. The van der Waals surface area contributed by atoms with Gasteiger partial charge in [-0.3, -0.25) is 9.48 Å². The number of nitrogens with two attached hydrogens (primary N) is 1. The van der Waals surface area contributed by atoms with E-state index in [0.717, 1.165) is 51.7 Å². The van der Waals surface area contributed by atoms with Crippen LogP contribution in [0.25, 0.3) is 27.4 Å². The fraction of sp³-hybridized carbons (Fsp3) is 0.269. The molecule has 1 atom stereocenters. The number of ether oxygens (including phenoxy) is 2. The molecule has 0 spiro atoms. The van der Waals surface area contributed by atoms with Crippen LogP contribution in [0.3, 0.4) is 0 Å². The van der Waals surface area contributed by atoms with Gasteiger partial charge in [-0.15, -0.1) is 0 Å². The summed E-state index contributed by atoms with van der Waals surface area (Å²) in [5, 5.41) is 5.95. The van der Waals surface area contributed by atoms with E-state index in [1.165, 1.54) is 5.57 Å². The average Bonchev–Trinajstić information content (AvgIpc) is 3.47. The van der Waals surface area contributed by atoms with Gasteiger partial charge in [0.15, 0.2) is 0 Å². The van der Waals surface area contributed by atoms with Gasteiger partial charge >= 0.3 is 0 Å².